The van der Waals surface area contributed by atoms with Crippen LogP contribution < -0.4 is 0 Å². The molecule has 0 saturated carbocycles. The van der Waals surface area contributed by atoms with Crippen LogP contribution >= 0.6 is 0 Å². The van der Waals surface area contributed by atoms with Crippen molar-refractivity contribution in [1.82, 2.24) is 9.80 Å². The minimum absolute atomic E-state index is 0.184. The molecule has 3 heteroatoms. The highest BCUT2D eigenvalue weighted by Gasteiger charge is 2.10. The number of hydrogen-bond donors (Lipinski definition) is 0. The van der Waals surface area contributed by atoms with Gasteiger partial charge >= 0.3 is 0 Å². The van der Waals surface area contributed by atoms with Gasteiger partial charge in [-0.1, -0.05) is 60.7 Å². The highest BCUT2D eigenvalue weighted by molar-refractivity contribution is 5.76. The number of carbonyl (C=O) groups is 1. The molecular weight excluding hydrogens is 272 g/mol. The Morgan fingerprint density at radius 2 is 1.32 bits per heavy atom. The molecule has 0 unspecified atom stereocenters. The molecule has 1 amide bonds. The molecule has 116 valence electrons. The van der Waals surface area contributed by atoms with Crippen LogP contribution in [-0.2, 0) is 17.9 Å². The van der Waals surface area contributed by atoms with Crippen LogP contribution in [0.4, 0.5) is 0 Å². The van der Waals surface area contributed by atoms with Crippen LogP contribution in [0.2, 0.25) is 0 Å². The molecule has 0 aromatic heterocycles. The fourth-order valence-electron chi connectivity index (χ4n) is 2.40. The van der Waals surface area contributed by atoms with Crippen LogP contribution in [0, 0.1) is 0 Å². The Labute approximate surface area is 133 Å². The molecule has 0 spiro atoms. The molecule has 0 aliphatic rings. The maximum Gasteiger partial charge on any atom is 0.223 e. The summed E-state index contributed by atoms with van der Waals surface area (Å²) in [5.74, 6) is 0.184. The zero-order chi connectivity index (χ0) is 15.8. The van der Waals surface area contributed by atoms with E-state index < -0.39 is 0 Å². The van der Waals surface area contributed by atoms with E-state index in [4.69, 9.17) is 0 Å². The molecule has 0 saturated heterocycles. The first kappa shape index (κ1) is 16.2. The third-order valence-corrected chi connectivity index (χ3v) is 3.69. The summed E-state index contributed by atoms with van der Waals surface area (Å²) < 4.78 is 0. The summed E-state index contributed by atoms with van der Waals surface area (Å²) >= 11 is 0. The Hall–Kier alpha value is -2.13. The van der Waals surface area contributed by atoms with Gasteiger partial charge < -0.3 is 9.80 Å². The monoisotopic (exact) mass is 296 g/mol. The van der Waals surface area contributed by atoms with Crippen molar-refractivity contribution in [2.75, 3.05) is 20.6 Å². The van der Waals surface area contributed by atoms with Crippen molar-refractivity contribution >= 4 is 5.91 Å². The van der Waals surface area contributed by atoms with E-state index in [1.165, 1.54) is 5.56 Å². The highest BCUT2D eigenvalue weighted by Crippen LogP contribution is 2.06. The normalized spacial score (nSPS) is 10.7. The molecule has 0 radical (unpaired) electrons. The number of nitrogens with zero attached hydrogens (tertiary/aromatic N) is 2. The van der Waals surface area contributed by atoms with Crippen LogP contribution in [0.1, 0.15) is 17.5 Å². The molecule has 0 aliphatic heterocycles. The van der Waals surface area contributed by atoms with E-state index in [1.807, 2.05) is 55.6 Å². The Kier molecular flexibility index (Phi) is 6.16. The fraction of sp³-hybridized carbons (Fsp3) is 0.316. The first-order chi connectivity index (χ1) is 10.6. The van der Waals surface area contributed by atoms with E-state index in [0.717, 1.165) is 18.7 Å². The first-order valence-electron chi connectivity index (χ1n) is 7.65. The molecule has 0 heterocycles. The number of hydrogen-bond acceptors (Lipinski definition) is 2. The van der Waals surface area contributed by atoms with Crippen molar-refractivity contribution < 1.29 is 4.79 Å². The summed E-state index contributed by atoms with van der Waals surface area (Å²) in [6, 6.07) is 20.4. The number of carbonyl (C=O) groups excluding carboxylic acids is 1. The smallest absolute Gasteiger partial charge is 0.223 e. The van der Waals surface area contributed by atoms with Crippen LogP contribution in [0.3, 0.4) is 0 Å². The SMILES string of the molecule is CN(CCC(=O)N(C)Cc1ccccc1)Cc1ccccc1. The topological polar surface area (TPSA) is 23.6 Å². The third kappa shape index (κ3) is 5.34. The van der Waals surface area contributed by atoms with Crippen LogP contribution in [-0.4, -0.2) is 36.3 Å². The maximum absolute atomic E-state index is 12.2. The van der Waals surface area contributed by atoms with Crippen LogP contribution in [0.15, 0.2) is 60.7 Å². The molecular formula is C19H24N2O. The number of benzene rings is 2. The summed E-state index contributed by atoms with van der Waals surface area (Å²) in [4.78, 5) is 16.2. The van der Waals surface area contributed by atoms with Gasteiger partial charge in [0.15, 0.2) is 0 Å². The van der Waals surface area contributed by atoms with Gasteiger partial charge in [-0.2, -0.15) is 0 Å². The highest BCUT2D eigenvalue weighted by atomic mass is 16.2. The van der Waals surface area contributed by atoms with Gasteiger partial charge in [0, 0.05) is 33.1 Å². The lowest BCUT2D eigenvalue weighted by Crippen LogP contribution is -2.30. The zero-order valence-corrected chi connectivity index (χ0v) is 13.4. The van der Waals surface area contributed by atoms with Gasteiger partial charge in [0.2, 0.25) is 5.91 Å². The zero-order valence-electron chi connectivity index (χ0n) is 13.4. The Morgan fingerprint density at radius 3 is 1.86 bits per heavy atom. The second-order valence-corrected chi connectivity index (χ2v) is 5.71. The molecule has 2 aromatic carbocycles. The van der Waals surface area contributed by atoms with E-state index in [9.17, 15) is 4.79 Å². The predicted molar refractivity (Wildman–Crippen MR) is 90.3 cm³/mol. The van der Waals surface area contributed by atoms with Crippen molar-refractivity contribution in [1.29, 1.82) is 0 Å². The molecule has 2 rings (SSSR count). The summed E-state index contributed by atoms with van der Waals surface area (Å²) in [6.45, 7) is 2.31. The lowest BCUT2D eigenvalue weighted by molar-refractivity contribution is -0.130. The molecule has 0 atom stereocenters. The average molecular weight is 296 g/mol. The molecule has 3 nitrogen and oxygen atoms in total. The summed E-state index contributed by atoms with van der Waals surface area (Å²) in [5, 5.41) is 0. The molecule has 0 N–H and O–H groups in total. The predicted octanol–water partition coefficient (Wildman–Crippen LogP) is 3.17. The minimum atomic E-state index is 0.184. The molecule has 0 fully saturated rings. The van der Waals surface area contributed by atoms with E-state index in [0.29, 0.717) is 13.0 Å². The lowest BCUT2D eigenvalue weighted by Gasteiger charge is -2.20. The van der Waals surface area contributed by atoms with E-state index in [1.54, 1.807) is 4.90 Å². The quantitative estimate of drug-likeness (QED) is 0.783. The van der Waals surface area contributed by atoms with Crippen molar-refractivity contribution in [3.8, 4) is 0 Å². The maximum atomic E-state index is 12.2. The first-order valence-corrected chi connectivity index (χ1v) is 7.65. The van der Waals surface area contributed by atoms with Crippen molar-refractivity contribution in [2.24, 2.45) is 0 Å². The van der Waals surface area contributed by atoms with Crippen LogP contribution in [0.25, 0.3) is 0 Å². The largest absolute Gasteiger partial charge is 0.341 e. The van der Waals surface area contributed by atoms with Crippen LogP contribution in [0.5, 0.6) is 0 Å². The van der Waals surface area contributed by atoms with E-state index in [2.05, 4.69) is 24.1 Å². The second-order valence-electron chi connectivity index (χ2n) is 5.71. The summed E-state index contributed by atoms with van der Waals surface area (Å²) in [5.41, 5.74) is 2.44. The molecule has 0 bridgehead atoms. The van der Waals surface area contributed by atoms with Gasteiger partial charge in [0.05, 0.1) is 0 Å². The standard InChI is InChI=1S/C19H24N2O/c1-20(15-17-9-5-3-6-10-17)14-13-19(22)21(2)16-18-11-7-4-8-12-18/h3-12H,13-16H2,1-2H3. The van der Waals surface area contributed by atoms with Gasteiger partial charge in [-0.05, 0) is 18.2 Å². The minimum Gasteiger partial charge on any atom is -0.341 e. The average Bonchev–Trinajstić information content (AvgIpc) is 2.54. The number of rotatable bonds is 7. The second kappa shape index (κ2) is 8.35. The Bertz CT molecular complexity index is 569. The van der Waals surface area contributed by atoms with Gasteiger partial charge in [0.25, 0.3) is 0 Å². The van der Waals surface area contributed by atoms with Crippen molar-refractivity contribution in [3.63, 3.8) is 0 Å². The summed E-state index contributed by atoms with van der Waals surface area (Å²) in [6.07, 6.45) is 0.548. The number of amides is 1. The van der Waals surface area contributed by atoms with Gasteiger partial charge in [-0.25, -0.2) is 0 Å². The van der Waals surface area contributed by atoms with Gasteiger partial charge in [0.1, 0.15) is 0 Å². The Balaban J connectivity index is 1.74. The van der Waals surface area contributed by atoms with Crippen molar-refractivity contribution in [3.05, 3.63) is 71.8 Å². The molecule has 0 aliphatic carbocycles. The van der Waals surface area contributed by atoms with E-state index >= 15 is 0 Å². The fourth-order valence-corrected chi connectivity index (χ4v) is 2.40. The van der Waals surface area contributed by atoms with Gasteiger partial charge in [-0.15, -0.1) is 0 Å². The van der Waals surface area contributed by atoms with Gasteiger partial charge in [-0.3, -0.25) is 4.79 Å². The lowest BCUT2D eigenvalue weighted by atomic mass is 10.2. The van der Waals surface area contributed by atoms with E-state index in [-0.39, 0.29) is 5.91 Å². The molecule has 2 aromatic rings. The molecule has 22 heavy (non-hydrogen) atoms. The summed E-state index contributed by atoms with van der Waals surface area (Å²) in [7, 11) is 3.92. The third-order valence-electron chi connectivity index (χ3n) is 3.69. The Morgan fingerprint density at radius 1 is 0.818 bits per heavy atom. The van der Waals surface area contributed by atoms with Crippen molar-refractivity contribution in [2.45, 2.75) is 19.5 Å².